The summed E-state index contributed by atoms with van der Waals surface area (Å²) in [4.78, 5) is 0. The monoisotopic (exact) mass is 233 g/mol. The normalized spacial score (nSPS) is 9.22. The molecule has 86 valence electrons. The molecule has 0 saturated carbocycles. The number of nitrogens with one attached hydrogen (secondary N) is 1. The van der Waals surface area contributed by atoms with Crippen LogP contribution in [0.1, 0.15) is 16.7 Å². The molecule has 0 aliphatic heterocycles. The van der Waals surface area contributed by atoms with Crippen molar-refractivity contribution in [3.63, 3.8) is 0 Å². The molecule has 0 amide bonds. The van der Waals surface area contributed by atoms with E-state index in [0.29, 0.717) is 17.7 Å². The molecule has 0 radical (unpaired) electrons. The van der Waals surface area contributed by atoms with Gasteiger partial charge in [0.2, 0.25) is 0 Å². The van der Waals surface area contributed by atoms with Gasteiger partial charge in [0.05, 0.1) is 23.3 Å². The first kappa shape index (κ1) is 11.7. The van der Waals surface area contributed by atoms with Crippen molar-refractivity contribution < 1.29 is 0 Å². The summed E-state index contributed by atoms with van der Waals surface area (Å²) in [5.41, 5.74) is 3.31. The molecule has 3 nitrogen and oxygen atoms in total. The third-order valence-electron chi connectivity index (χ3n) is 2.57. The molecule has 3 heteroatoms. The maximum atomic E-state index is 8.80. The molecule has 0 fully saturated rings. The topological polar surface area (TPSA) is 59.6 Å². The van der Waals surface area contributed by atoms with Gasteiger partial charge < -0.3 is 5.32 Å². The van der Waals surface area contributed by atoms with Crippen LogP contribution in [0.15, 0.2) is 48.5 Å². The van der Waals surface area contributed by atoms with Crippen molar-refractivity contribution in [2.75, 3.05) is 5.32 Å². The molecule has 2 aromatic carbocycles. The van der Waals surface area contributed by atoms with Gasteiger partial charge in [-0.3, -0.25) is 0 Å². The van der Waals surface area contributed by atoms with Crippen molar-refractivity contribution in [1.82, 2.24) is 0 Å². The van der Waals surface area contributed by atoms with E-state index in [4.69, 9.17) is 10.5 Å². The highest BCUT2D eigenvalue weighted by molar-refractivity contribution is 5.49. The zero-order valence-electron chi connectivity index (χ0n) is 9.72. The van der Waals surface area contributed by atoms with E-state index in [2.05, 4.69) is 17.5 Å². The highest BCUT2D eigenvalue weighted by atomic mass is 14.9. The lowest BCUT2D eigenvalue weighted by atomic mass is 10.1. The number of nitriles is 2. The molecule has 0 aliphatic rings. The van der Waals surface area contributed by atoms with E-state index >= 15 is 0 Å². The number of anilines is 1. The third kappa shape index (κ3) is 2.87. The van der Waals surface area contributed by atoms with Gasteiger partial charge in [0.1, 0.15) is 0 Å². The van der Waals surface area contributed by atoms with Gasteiger partial charge in [0, 0.05) is 12.2 Å². The summed E-state index contributed by atoms with van der Waals surface area (Å²) in [6.07, 6.45) is 0. The lowest BCUT2D eigenvalue weighted by molar-refractivity contribution is 1.15. The van der Waals surface area contributed by atoms with Gasteiger partial charge in [-0.25, -0.2) is 0 Å². The van der Waals surface area contributed by atoms with Crippen LogP contribution >= 0.6 is 0 Å². The molecule has 0 atom stereocenters. The Bertz CT molecular complexity index is 615. The largest absolute Gasteiger partial charge is 0.381 e. The van der Waals surface area contributed by atoms with Crippen molar-refractivity contribution in [3.8, 4) is 12.1 Å². The Morgan fingerprint density at radius 1 is 0.889 bits per heavy atom. The summed E-state index contributed by atoms with van der Waals surface area (Å²) in [7, 11) is 0. The standard InChI is InChI=1S/C15H11N3/c16-9-12-4-6-13(7-5-12)11-18-15-3-1-2-14(8-15)10-17/h1-8,18H,11H2. The first-order valence-corrected chi connectivity index (χ1v) is 5.55. The predicted octanol–water partition coefficient (Wildman–Crippen LogP) is 3.04. The second-order valence-corrected chi connectivity index (χ2v) is 3.85. The van der Waals surface area contributed by atoms with E-state index in [-0.39, 0.29) is 0 Å². The fourth-order valence-electron chi connectivity index (χ4n) is 1.60. The van der Waals surface area contributed by atoms with Crippen LogP contribution in [-0.2, 0) is 6.54 Å². The van der Waals surface area contributed by atoms with Crippen molar-refractivity contribution in [2.45, 2.75) is 6.54 Å². The van der Waals surface area contributed by atoms with E-state index in [1.54, 1.807) is 18.2 Å². The van der Waals surface area contributed by atoms with Crippen molar-refractivity contribution in [1.29, 1.82) is 10.5 Å². The van der Waals surface area contributed by atoms with Crippen LogP contribution < -0.4 is 5.32 Å². The zero-order chi connectivity index (χ0) is 12.8. The SMILES string of the molecule is N#Cc1ccc(CNc2cccc(C#N)c2)cc1. The Kier molecular flexibility index (Phi) is 3.59. The van der Waals surface area contributed by atoms with Crippen molar-refractivity contribution >= 4 is 5.69 Å². The Morgan fingerprint density at radius 2 is 1.61 bits per heavy atom. The minimum absolute atomic E-state index is 0.639. The molecule has 0 unspecified atom stereocenters. The number of hydrogen-bond donors (Lipinski definition) is 1. The lowest BCUT2D eigenvalue weighted by Crippen LogP contribution is -1.99. The molecule has 2 rings (SSSR count). The quantitative estimate of drug-likeness (QED) is 0.886. The van der Waals surface area contributed by atoms with E-state index in [9.17, 15) is 0 Å². The van der Waals surface area contributed by atoms with Crippen LogP contribution in [0.5, 0.6) is 0 Å². The average Bonchev–Trinajstić information content (AvgIpc) is 2.46. The van der Waals surface area contributed by atoms with Crippen LogP contribution in [0.4, 0.5) is 5.69 Å². The highest BCUT2D eigenvalue weighted by Gasteiger charge is 1.96. The molecule has 0 aliphatic carbocycles. The molecule has 2 aromatic rings. The van der Waals surface area contributed by atoms with Crippen LogP contribution in [0.25, 0.3) is 0 Å². The Labute approximate surface area is 106 Å². The van der Waals surface area contributed by atoms with Gasteiger partial charge in [-0.05, 0) is 35.9 Å². The van der Waals surface area contributed by atoms with Gasteiger partial charge in [0.25, 0.3) is 0 Å². The molecule has 0 heterocycles. The molecule has 0 bridgehead atoms. The summed E-state index contributed by atoms with van der Waals surface area (Å²) in [5.74, 6) is 0. The van der Waals surface area contributed by atoms with Gasteiger partial charge in [-0.15, -0.1) is 0 Å². The molecular weight excluding hydrogens is 222 g/mol. The fourth-order valence-corrected chi connectivity index (χ4v) is 1.60. The molecule has 1 N–H and O–H groups in total. The number of benzene rings is 2. The third-order valence-corrected chi connectivity index (χ3v) is 2.57. The van der Waals surface area contributed by atoms with Crippen molar-refractivity contribution in [2.24, 2.45) is 0 Å². The Morgan fingerprint density at radius 3 is 2.28 bits per heavy atom. The molecule has 18 heavy (non-hydrogen) atoms. The van der Waals surface area contributed by atoms with Crippen molar-refractivity contribution in [3.05, 3.63) is 65.2 Å². The molecule has 0 aromatic heterocycles. The first-order chi connectivity index (χ1) is 8.81. The van der Waals surface area contributed by atoms with Gasteiger partial charge in [-0.1, -0.05) is 18.2 Å². The smallest absolute Gasteiger partial charge is 0.0992 e. The van der Waals surface area contributed by atoms with Gasteiger partial charge in [-0.2, -0.15) is 10.5 Å². The fraction of sp³-hybridized carbons (Fsp3) is 0.0667. The first-order valence-electron chi connectivity index (χ1n) is 5.55. The summed E-state index contributed by atoms with van der Waals surface area (Å²) < 4.78 is 0. The minimum Gasteiger partial charge on any atom is -0.381 e. The lowest BCUT2D eigenvalue weighted by Gasteiger charge is -2.06. The molecular formula is C15H11N3. The van der Waals surface area contributed by atoms with Crippen LogP contribution in [0, 0.1) is 22.7 Å². The Hall–Kier alpha value is -2.78. The summed E-state index contributed by atoms with van der Waals surface area (Å²) >= 11 is 0. The van der Waals surface area contributed by atoms with E-state index in [1.165, 1.54) is 0 Å². The number of rotatable bonds is 3. The van der Waals surface area contributed by atoms with E-state index in [0.717, 1.165) is 11.3 Å². The highest BCUT2D eigenvalue weighted by Crippen LogP contribution is 2.12. The molecule has 0 spiro atoms. The summed E-state index contributed by atoms with van der Waals surface area (Å²) in [6.45, 7) is 0.667. The minimum atomic E-state index is 0.639. The summed E-state index contributed by atoms with van der Waals surface area (Å²) in [5, 5.41) is 20.7. The second-order valence-electron chi connectivity index (χ2n) is 3.85. The zero-order valence-corrected chi connectivity index (χ0v) is 9.72. The van der Waals surface area contributed by atoms with Crippen LogP contribution in [0.3, 0.4) is 0 Å². The van der Waals surface area contributed by atoms with Crippen LogP contribution in [-0.4, -0.2) is 0 Å². The van der Waals surface area contributed by atoms with Gasteiger partial charge >= 0.3 is 0 Å². The van der Waals surface area contributed by atoms with E-state index in [1.807, 2.05) is 30.3 Å². The maximum Gasteiger partial charge on any atom is 0.0992 e. The molecule has 0 saturated heterocycles. The van der Waals surface area contributed by atoms with Crippen LogP contribution in [0.2, 0.25) is 0 Å². The predicted molar refractivity (Wildman–Crippen MR) is 69.6 cm³/mol. The number of hydrogen-bond acceptors (Lipinski definition) is 3. The summed E-state index contributed by atoms with van der Waals surface area (Å²) in [6, 6.07) is 19.0. The van der Waals surface area contributed by atoms with Gasteiger partial charge in [0.15, 0.2) is 0 Å². The number of nitrogens with zero attached hydrogens (tertiary/aromatic N) is 2. The van der Waals surface area contributed by atoms with E-state index < -0.39 is 0 Å². The Balaban J connectivity index is 2.02. The maximum absolute atomic E-state index is 8.80. The second kappa shape index (κ2) is 5.52. The average molecular weight is 233 g/mol.